The van der Waals surface area contributed by atoms with E-state index in [1.54, 1.807) is 6.07 Å². The van der Waals surface area contributed by atoms with Gasteiger partial charge in [0.2, 0.25) is 0 Å². The zero-order valence-corrected chi connectivity index (χ0v) is 18.6. The van der Waals surface area contributed by atoms with Gasteiger partial charge in [0, 0.05) is 29.2 Å². The van der Waals surface area contributed by atoms with Crippen molar-refractivity contribution in [2.75, 3.05) is 19.7 Å². The van der Waals surface area contributed by atoms with E-state index in [1.807, 2.05) is 0 Å². The number of hydrogen-bond acceptors (Lipinski definition) is 6. The monoisotopic (exact) mass is 518 g/mol. The molecule has 3 heterocycles. The first-order valence-corrected chi connectivity index (χ1v) is 10.9. The molecule has 0 aliphatic carbocycles. The van der Waals surface area contributed by atoms with Crippen molar-refractivity contribution in [3.05, 3.63) is 68.4 Å². The number of Topliss-reactive ketones (excluding diaryl/α,β-unsaturated/α-hetero) is 1. The molecule has 0 amide bonds. The molecule has 5 rings (SSSR count). The number of aliphatic hydroxyl groups excluding tert-OH is 1. The lowest BCUT2D eigenvalue weighted by molar-refractivity contribution is -0.178. The van der Waals surface area contributed by atoms with Crippen molar-refractivity contribution in [3.63, 3.8) is 0 Å². The van der Waals surface area contributed by atoms with Gasteiger partial charge < -0.3 is 20.0 Å². The minimum absolute atomic E-state index is 0.0285. The summed E-state index contributed by atoms with van der Waals surface area (Å²) in [6, 6.07) is 6.48. The second-order valence-electron chi connectivity index (χ2n) is 8.33. The van der Waals surface area contributed by atoms with Crippen LogP contribution in [-0.2, 0) is 20.0 Å². The minimum atomic E-state index is -4.86. The summed E-state index contributed by atoms with van der Waals surface area (Å²) in [5, 5.41) is 15.6. The van der Waals surface area contributed by atoms with Crippen LogP contribution in [0, 0.1) is 11.7 Å². The highest BCUT2D eigenvalue weighted by Gasteiger charge is 2.55. The van der Waals surface area contributed by atoms with Gasteiger partial charge in [0.1, 0.15) is 35.8 Å². The minimum Gasteiger partial charge on any atom is -0.388 e. The number of alkyl halides is 3. The lowest BCUT2D eigenvalue weighted by atomic mass is 9.83. The molecular formula is C22H16Cl2F4N2O4. The summed E-state index contributed by atoms with van der Waals surface area (Å²) in [5.74, 6) is -4.03. The molecule has 1 saturated heterocycles. The molecule has 12 heteroatoms. The number of benzene rings is 2. The van der Waals surface area contributed by atoms with E-state index in [0.29, 0.717) is 24.2 Å². The zero-order chi connectivity index (χ0) is 24.4. The smallest absolute Gasteiger partial charge is 0.388 e. The van der Waals surface area contributed by atoms with Crippen LogP contribution in [0.3, 0.4) is 0 Å². The van der Waals surface area contributed by atoms with Gasteiger partial charge in [-0.25, -0.2) is 4.39 Å². The molecule has 3 aliphatic rings. The van der Waals surface area contributed by atoms with E-state index in [-0.39, 0.29) is 10.6 Å². The van der Waals surface area contributed by atoms with Crippen molar-refractivity contribution in [2.24, 2.45) is 11.1 Å². The number of fused-ring (bicyclic) bond motifs is 2. The first-order chi connectivity index (χ1) is 16.1. The maximum atomic E-state index is 14.6. The second kappa shape index (κ2) is 8.17. The molecule has 3 atom stereocenters. The number of rotatable bonds is 4. The molecule has 3 unspecified atom stereocenters. The quantitative estimate of drug-likeness (QED) is 0.468. The number of ether oxygens (including phenoxy) is 1. The third kappa shape index (κ3) is 3.59. The second-order valence-corrected chi connectivity index (χ2v) is 9.18. The molecule has 0 aromatic heterocycles. The van der Waals surface area contributed by atoms with E-state index < -0.39 is 64.4 Å². The van der Waals surface area contributed by atoms with Crippen LogP contribution in [0.1, 0.15) is 34.5 Å². The van der Waals surface area contributed by atoms with Gasteiger partial charge in [-0.1, -0.05) is 40.5 Å². The Morgan fingerprint density at radius 3 is 2.56 bits per heavy atom. The Labute approximate surface area is 200 Å². The molecule has 6 nitrogen and oxygen atoms in total. The van der Waals surface area contributed by atoms with Crippen molar-refractivity contribution in [1.82, 2.24) is 5.32 Å². The number of nitrogens with one attached hydrogen (secondary N) is 1. The number of carbonyl (C=O) groups is 1. The molecule has 3 aliphatic heterocycles. The van der Waals surface area contributed by atoms with Crippen molar-refractivity contribution in [1.29, 1.82) is 0 Å². The number of ketones is 1. The summed E-state index contributed by atoms with van der Waals surface area (Å²) in [7, 11) is 0. The van der Waals surface area contributed by atoms with E-state index in [1.165, 1.54) is 12.1 Å². The van der Waals surface area contributed by atoms with Crippen LogP contribution in [0.15, 0.2) is 35.5 Å². The average molecular weight is 519 g/mol. The Bertz CT molecular complexity index is 1220. The van der Waals surface area contributed by atoms with Gasteiger partial charge in [0.25, 0.3) is 0 Å². The van der Waals surface area contributed by atoms with Gasteiger partial charge in [-0.3, -0.25) is 4.79 Å². The van der Waals surface area contributed by atoms with E-state index in [0.717, 1.165) is 12.1 Å². The molecule has 2 N–H and O–H groups in total. The maximum absolute atomic E-state index is 14.6. The standard InChI is InChI=1S/C22H16Cl2F4N2O4/c23-10-4-12(17(25)14(24)5-10)20-16(22(26,27)28)18(30-34-20)9-1-2-13-11(3-9)19(15(32)6-31)33-21(13)7-29-8-21/h1-5,16,19-20,29,31H,6-8H2. The first-order valence-electron chi connectivity index (χ1n) is 10.2. The van der Waals surface area contributed by atoms with Gasteiger partial charge in [0.05, 0.1) is 5.02 Å². The largest absolute Gasteiger partial charge is 0.401 e. The lowest BCUT2D eigenvalue weighted by Gasteiger charge is -2.39. The topological polar surface area (TPSA) is 80.2 Å². The van der Waals surface area contributed by atoms with Crippen molar-refractivity contribution < 1.29 is 37.0 Å². The fraction of sp³-hybridized carbons (Fsp3) is 0.364. The Kier molecular flexibility index (Phi) is 5.64. The number of carbonyl (C=O) groups excluding carboxylic acids is 1. The molecule has 1 fully saturated rings. The summed E-state index contributed by atoms with van der Waals surface area (Å²) in [6.45, 7) is 0.0469. The first kappa shape index (κ1) is 23.5. The predicted octanol–water partition coefficient (Wildman–Crippen LogP) is 4.22. The molecule has 2 aromatic rings. The predicted molar refractivity (Wildman–Crippen MR) is 113 cm³/mol. The Balaban J connectivity index is 1.57. The summed E-state index contributed by atoms with van der Waals surface area (Å²) in [4.78, 5) is 17.4. The number of nitrogens with zero attached hydrogens (tertiary/aromatic N) is 1. The fourth-order valence-corrected chi connectivity index (χ4v) is 5.12. The molecule has 1 spiro atoms. The van der Waals surface area contributed by atoms with Crippen LogP contribution in [0.5, 0.6) is 0 Å². The van der Waals surface area contributed by atoms with Crippen molar-refractivity contribution >= 4 is 34.7 Å². The Hall–Kier alpha value is -2.24. The van der Waals surface area contributed by atoms with Gasteiger partial charge in [-0.05, 0) is 29.3 Å². The third-order valence-electron chi connectivity index (χ3n) is 6.28. The Morgan fingerprint density at radius 1 is 1.21 bits per heavy atom. The van der Waals surface area contributed by atoms with E-state index in [2.05, 4.69) is 10.5 Å². The van der Waals surface area contributed by atoms with Crippen LogP contribution in [-0.4, -0.2) is 42.5 Å². The van der Waals surface area contributed by atoms with E-state index in [4.69, 9.17) is 32.8 Å². The molecule has 0 radical (unpaired) electrons. The summed E-state index contributed by atoms with van der Waals surface area (Å²) in [6.07, 6.45) is -7.85. The van der Waals surface area contributed by atoms with E-state index >= 15 is 0 Å². The molecule has 0 saturated carbocycles. The third-order valence-corrected chi connectivity index (χ3v) is 6.77. The summed E-state index contributed by atoms with van der Waals surface area (Å²) in [5.41, 5.74) is -0.726. The molecule has 0 bridgehead atoms. The number of hydrogen-bond donors (Lipinski definition) is 2. The van der Waals surface area contributed by atoms with Gasteiger partial charge in [0.15, 0.2) is 11.9 Å². The highest BCUT2D eigenvalue weighted by molar-refractivity contribution is 6.34. The zero-order valence-electron chi connectivity index (χ0n) is 17.1. The average Bonchev–Trinajstić information content (AvgIpc) is 3.35. The SMILES string of the molecule is O=C(CO)C1OC2(CNC2)c2ccc(C3=NOC(c4cc(Cl)cc(Cl)c4F)C3C(F)(F)F)cc21. The highest BCUT2D eigenvalue weighted by Crippen LogP contribution is 2.49. The maximum Gasteiger partial charge on any atom is 0.401 e. The number of halogens is 6. The van der Waals surface area contributed by atoms with Crippen LogP contribution in [0.25, 0.3) is 0 Å². The molecular weight excluding hydrogens is 503 g/mol. The van der Waals surface area contributed by atoms with Gasteiger partial charge in [-0.2, -0.15) is 13.2 Å². The fourth-order valence-electron chi connectivity index (χ4n) is 4.61. The van der Waals surface area contributed by atoms with Crippen LogP contribution >= 0.6 is 23.2 Å². The van der Waals surface area contributed by atoms with Crippen LogP contribution < -0.4 is 5.32 Å². The van der Waals surface area contributed by atoms with Gasteiger partial charge >= 0.3 is 6.18 Å². The van der Waals surface area contributed by atoms with Crippen LogP contribution in [0.4, 0.5) is 17.6 Å². The lowest BCUT2D eigenvalue weighted by Crippen LogP contribution is -2.57. The molecule has 2 aromatic carbocycles. The Morgan fingerprint density at radius 2 is 1.94 bits per heavy atom. The summed E-state index contributed by atoms with van der Waals surface area (Å²) >= 11 is 11.7. The summed E-state index contributed by atoms with van der Waals surface area (Å²) < 4.78 is 63.2. The highest BCUT2D eigenvalue weighted by atomic mass is 35.5. The molecule has 180 valence electrons. The van der Waals surface area contributed by atoms with E-state index in [9.17, 15) is 27.5 Å². The normalized spacial score (nSPS) is 25.0. The number of aliphatic hydroxyl groups is 1. The van der Waals surface area contributed by atoms with Crippen LogP contribution in [0.2, 0.25) is 10.0 Å². The molecule has 34 heavy (non-hydrogen) atoms. The van der Waals surface area contributed by atoms with Gasteiger partial charge in [-0.15, -0.1) is 0 Å². The number of oxime groups is 1. The van der Waals surface area contributed by atoms with Crippen molar-refractivity contribution in [3.8, 4) is 0 Å². The van der Waals surface area contributed by atoms with Crippen molar-refractivity contribution in [2.45, 2.75) is 24.0 Å².